The topological polar surface area (TPSA) is 96.5 Å². The van der Waals surface area contributed by atoms with Crippen LogP contribution in [0.2, 0.25) is 5.02 Å². The predicted molar refractivity (Wildman–Crippen MR) is 125 cm³/mol. The molecule has 166 valence electrons. The molecule has 0 amide bonds. The molecule has 5 rings (SSSR count). The summed E-state index contributed by atoms with van der Waals surface area (Å²) in [5.41, 5.74) is 2.19. The Morgan fingerprint density at radius 1 is 1.15 bits per heavy atom. The number of non-ortho nitro benzene ring substituents is 1. The van der Waals surface area contributed by atoms with Crippen LogP contribution in [0.15, 0.2) is 70.6 Å². The molecule has 0 fully saturated rings. The van der Waals surface area contributed by atoms with Gasteiger partial charge in [-0.05, 0) is 36.4 Å². The Morgan fingerprint density at radius 2 is 1.94 bits per heavy atom. The zero-order valence-electron chi connectivity index (χ0n) is 17.1. The van der Waals surface area contributed by atoms with Crippen molar-refractivity contribution in [3.8, 4) is 11.4 Å². The lowest BCUT2D eigenvalue weighted by atomic mass is 10.1. The van der Waals surface area contributed by atoms with Gasteiger partial charge in [0.05, 0.1) is 28.1 Å². The van der Waals surface area contributed by atoms with Gasteiger partial charge < -0.3 is 9.47 Å². The molecule has 0 N–H and O–H groups in total. The maximum atomic E-state index is 13.4. The van der Waals surface area contributed by atoms with E-state index >= 15 is 0 Å². The van der Waals surface area contributed by atoms with Crippen LogP contribution in [0.4, 0.5) is 5.69 Å². The van der Waals surface area contributed by atoms with Gasteiger partial charge in [-0.15, -0.1) is 0 Å². The second kappa shape index (κ2) is 8.86. The summed E-state index contributed by atoms with van der Waals surface area (Å²) in [5, 5.41) is 12.9. The Balaban J connectivity index is 1.61. The van der Waals surface area contributed by atoms with Crippen LogP contribution in [-0.2, 0) is 17.1 Å². The van der Waals surface area contributed by atoms with Gasteiger partial charge >= 0.3 is 0 Å². The SMILES string of the molecule is O=c1c2ccccc2nc(SCc2cc([N+](=O)[O-])cc3c2OCOC3)n1-c1ccc(Cl)cc1. The molecule has 2 heterocycles. The molecule has 1 aliphatic heterocycles. The summed E-state index contributed by atoms with van der Waals surface area (Å²) in [4.78, 5) is 29.1. The summed E-state index contributed by atoms with van der Waals surface area (Å²) < 4.78 is 12.4. The van der Waals surface area contributed by atoms with Gasteiger partial charge in [0.2, 0.25) is 0 Å². The van der Waals surface area contributed by atoms with E-state index in [2.05, 4.69) is 0 Å². The van der Waals surface area contributed by atoms with Gasteiger partial charge in [-0.3, -0.25) is 19.5 Å². The number of nitro benzene ring substituents is 1. The third-order valence-electron chi connectivity index (χ3n) is 5.17. The number of halogens is 1. The van der Waals surface area contributed by atoms with Crippen molar-refractivity contribution in [2.45, 2.75) is 17.5 Å². The lowest BCUT2D eigenvalue weighted by Gasteiger charge is -2.20. The fraction of sp³-hybridized carbons (Fsp3) is 0.130. The standard InChI is InChI=1S/C23H16ClN3O5S/c24-16-5-7-17(8-6-16)26-22(28)19-3-1-2-4-20(19)25-23(26)33-12-15-10-18(27(29)30)9-14-11-31-13-32-21(14)15/h1-10H,11-13H2. The van der Waals surface area contributed by atoms with Crippen molar-refractivity contribution in [2.75, 3.05) is 6.79 Å². The number of nitro groups is 1. The number of thioether (sulfide) groups is 1. The Hall–Kier alpha value is -3.40. The minimum absolute atomic E-state index is 0.0417. The van der Waals surface area contributed by atoms with E-state index < -0.39 is 4.92 Å². The van der Waals surface area contributed by atoms with Crippen molar-refractivity contribution in [2.24, 2.45) is 0 Å². The first-order chi connectivity index (χ1) is 16.0. The number of hydrogen-bond donors (Lipinski definition) is 0. The average Bonchev–Trinajstić information content (AvgIpc) is 2.83. The summed E-state index contributed by atoms with van der Waals surface area (Å²) in [6, 6.07) is 17.0. The molecule has 0 spiro atoms. The number of fused-ring (bicyclic) bond motifs is 2. The molecular weight excluding hydrogens is 466 g/mol. The molecule has 0 bridgehead atoms. The summed E-state index contributed by atoms with van der Waals surface area (Å²) in [6.45, 7) is 0.310. The first kappa shape index (κ1) is 21.4. The van der Waals surface area contributed by atoms with Gasteiger partial charge in [-0.25, -0.2) is 4.98 Å². The molecule has 4 aromatic rings. The molecule has 10 heteroatoms. The second-order valence-electron chi connectivity index (χ2n) is 7.28. The maximum Gasteiger partial charge on any atom is 0.270 e. The largest absolute Gasteiger partial charge is 0.467 e. The van der Waals surface area contributed by atoms with Crippen molar-refractivity contribution in [3.05, 3.63) is 97.3 Å². The lowest BCUT2D eigenvalue weighted by molar-refractivity contribution is -0.385. The first-order valence-corrected chi connectivity index (χ1v) is 11.3. The van der Waals surface area contributed by atoms with Gasteiger partial charge in [0.25, 0.3) is 11.2 Å². The zero-order chi connectivity index (χ0) is 22.9. The van der Waals surface area contributed by atoms with E-state index in [9.17, 15) is 14.9 Å². The number of benzene rings is 3. The Kier molecular flexibility index (Phi) is 5.76. The van der Waals surface area contributed by atoms with Crippen LogP contribution in [-0.4, -0.2) is 21.3 Å². The molecule has 0 saturated carbocycles. The number of hydrogen-bond acceptors (Lipinski definition) is 7. The summed E-state index contributed by atoms with van der Waals surface area (Å²) in [5.74, 6) is 0.878. The molecule has 0 atom stereocenters. The van der Waals surface area contributed by atoms with Crippen LogP contribution in [0.25, 0.3) is 16.6 Å². The molecule has 0 radical (unpaired) electrons. The van der Waals surface area contributed by atoms with Crippen molar-refractivity contribution in [1.82, 2.24) is 9.55 Å². The quantitative estimate of drug-likeness (QED) is 0.169. The highest BCUT2D eigenvalue weighted by Crippen LogP contribution is 2.36. The highest BCUT2D eigenvalue weighted by molar-refractivity contribution is 7.98. The number of nitrogens with zero attached hydrogens (tertiary/aromatic N) is 3. The van der Waals surface area contributed by atoms with Gasteiger partial charge in [-0.2, -0.15) is 0 Å². The van der Waals surface area contributed by atoms with Crippen LogP contribution in [0.5, 0.6) is 5.75 Å². The van der Waals surface area contributed by atoms with E-state index in [1.54, 1.807) is 42.5 Å². The molecule has 1 aliphatic rings. The Labute approximate surface area is 196 Å². The maximum absolute atomic E-state index is 13.4. The highest BCUT2D eigenvalue weighted by atomic mass is 35.5. The number of rotatable bonds is 5. The lowest BCUT2D eigenvalue weighted by Crippen LogP contribution is -2.21. The van der Waals surface area contributed by atoms with Crippen LogP contribution >= 0.6 is 23.4 Å². The number of ether oxygens (including phenoxy) is 2. The van der Waals surface area contributed by atoms with E-state index in [1.807, 2.05) is 6.07 Å². The highest BCUT2D eigenvalue weighted by Gasteiger charge is 2.22. The van der Waals surface area contributed by atoms with Crippen molar-refractivity contribution in [3.63, 3.8) is 0 Å². The van der Waals surface area contributed by atoms with E-state index in [0.717, 1.165) is 0 Å². The van der Waals surface area contributed by atoms with E-state index in [-0.39, 0.29) is 24.6 Å². The molecule has 1 aromatic heterocycles. The Morgan fingerprint density at radius 3 is 2.73 bits per heavy atom. The van der Waals surface area contributed by atoms with Crippen molar-refractivity contribution in [1.29, 1.82) is 0 Å². The zero-order valence-corrected chi connectivity index (χ0v) is 18.6. The third kappa shape index (κ3) is 4.18. The monoisotopic (exact) mass is 481 g/mol. The fourth-order valence-electron chi connectivity index (χ4n) is 3.66. The van der Waals surface area contributed by atoms with Crippen LogP contribution in [0.1, 0.15) is 11.1 Å². The van der Waals surface area contributed by atoms with E-state index in [1.165, 1.54) is 28.5 Å². The predicted octanol–water partition coefficient (Wildman–Crippen LogP) is 5.11. The molecule has 33 heavy (non-hydrogen) atoms. The van der Waals surface area contributed by atoms with Gasteiger partial charge in [0, 0.05) is 34.0 Å². The molecule has 8 nitrogen and oxygen atoms in total. The van der Waals surface area contributed by atoms with Crippen LogP contribution in [0.3, 0.4) is 0 Å². The minimum atomic E-state index is -0.443. The minimum Gasteiger partial charge on any atom is -0.467 e. The normalized spacial score (nSPS) is 12.9. The van der Waals surface area contributed by atoms with Gasteiger partial charge in [0.1, 0.15) is 5.75 Å². The third-order valence-corrected chi connectivity index (χ3v) is 6.41. The van der Waals surface area contributed by atoms with Crippen LogP contribution < -0.4 is 10.3 Å². The van der Waals surface area contributed by atoms with Crippen molar-refractivity contribution >= 4 is 40.0 Å². The van der Waals surface area contributed by atoms with Gasteiger partial charge in [-0.1, -0.05) is 35.5 Å². The van der Waals surface area contributed by atoms with Crippen LogP contribution in [0, 0.1) is 10.1 Å². The number of para-hydroxylation sites is 1. The molecule has 0 unspecified atom stereocenters. The molecule has 0 saturated heterocycles. The summed E-state index contributed by atoms with van der Waals surface area (Å²) in [6.07, 6.45) is 0. The van der Waals surface area contributed by atoms with E-state index in [0.29, 0.717) is 49.4 Å². The van der Waals surface area contributed by atoms with Crippen molar-refractivity contribution < 1.29 is 14.4 Å². The summed E-state index contributed by atoms with van der Waals surface area (Å²) in [7, 11) is 0. The van der Waals surface area contributed by atoms with E-state index in [4.69, 9.17) is 26.1 Å². The molecule has 0 aliphatic carbocycles. The molecule has 3 aromatic carbocycles. The smallest absolute Gasteiger partial charge is 0.270 e. The van der Waals surface area contributed by atoms with Gasteiger partial charge in [0.15, 0.2) is 11.9 Å². The first-order valence-electron chi connectivity index (χ1n) is 9.92. The number of aromatic nitrogens is 2. The Bertz CT molecular complexity index is 1440. The summed E-state index contributed by atoms with van der Waals surface area (Å²) >= 11 is 7.33. The average molecular weight is 482 g/mol. The fourth-order valence-corrected chi connectivity index (χ4v) is 4.77. The molecular formula is C23H16ClN3O5S. The second-order valence-corrected chi connectivity index (χ2v) is 8.66.